The second-order valence-corrected chi connectivity index (χ2v) is 14.3. The van der Waals surface area contributed by atoms with Crippen LogP contribution in [0.3, 0.4) is 0 Å². The molecule has 0 nitrogen and oxygen atoms in total. The van der Waals surface area contributed by atoms with Crippen molar-refractivity contribution in [3.63, 3.8) is 0 Å². The summed E-state index contributed by atoms with van der Waals surface area (Å²) in [6.45, 7) is 11.9. The fraction of sp³-hybridized carbons (Fsp3) is 0.500. The van der Waals surface area contributed by atoms with E-state index in [0.717, 1.165) is 12.3 Å². The minimum atomic E-state index is -0.0153. The van der Waals surface area contributed by atoms with Gasteiger partial charge in [0.2, 0.25) is 0 Å². The van der Waals surface area contributed by atoms with Crippen LogP contribution in [0, 0.1) is 46.8 Å². The van der Waals surface area contributed by atoms with Gasteiger partial charge in [0.15, 0.2) is 0 Å². The van der Waals surface area contributed by atoms with E-state index < -0.39 is 0 Å². The van der Waals surface area contributed by atoms with Gasteiger partial charge < -0.3 is 0 Å². The second-order valence-electron chi connectivity index (χ2n) is 14.3. The number of hydrogen-bond acceptors (Lipinski definition) is 0. The van der Waals surface area contributed by atoms with Crippen molar-refractivity contribution in [3.05, 3.63) is 119 Å². The average molecular weight is 531 g/mol. The highest BCUT2D eigenvalue weighted by Gasteiger charge is 2.60. The van der Waals surface area contributed by atoms with E-state index in [2.05, 4.69) is 132 Å². The van der Waals surface area contributed by atoms with Crippen LogP contribution in [-0.4, -0.2) is 0 Å². The SMILES string of the molecule is CCCC1CCC(C(c2ccccc2)(c2ccccc2)C2C3C=C(CC)C=CC3C3C=CC(C(C)(C)C)=CC32)C1. The molecule has 7 unspecified atom stereocenters. The third-order valence-electron chi connectivity index (χ3n) is 11.2. The lowest BCUT2D eigenvalue weighted by Gasteiger charge is -2.50. The van der Waals surface area contributed by atoms with Crippen LogP contribution in [0.5, 0.6) is 0 Å². The minimum Gasteiger partial charge on any atom is -0.0799 e. The molecule has 2 fully saturated rings. The normalized spacial score (nSPS) is 31.5. The van der Waals surface area contributed by atoms with Crippen LogP contribution in [0.2, 0.25) is 0 Å². The van der Waals surface area contributed by atoms with Gasteiger partial charge in [-0.2, -0.15) is 0 Å². The van der Waals surface area contributed by atoms with Crippen LogP contribution >= 0.6 is 0 Å². The maximum atomic E-state index is 2.75. The van der Waals surface area contributed by atoms with E-state index in [1.54, 1.807) is 11.1 Å². The molecule has 2 aromatic rings. The molecule has 0 aromatic heterocycles. The molecule has 0 spiro atoms. The molecule has 210 valence electrons. The summed E-state index contributed by atoms with van der Waals surface area (Å²) >= 11 is 0. The number of rotatable bonds is 7. The summed E-state index contributed by atoms with van der Waals surface area (Å²) in [5, 5.41) is 0. The Hall–Kier alpha value is -2.60. The van der Waals surface area contributed by atoms with Gasteiger partial charge in [0, 0.05) is 5.41 Å². The van der Waals surface area contributed by atoms with Crippen molar-refractivity contribution in [2.45, 2.75) is 78.6 Å². The monoisotopic (exact) mass is 530 g/mol. The molecule has 0 amide bonds. The summed E-state index contributed by atoms with van der Waals surface area (Å²) < 4.78 is 0. The minimum absolute atomic E-state index is 0.0153. The lowest BCUT2D eigenvalue weighted by molar-refractivity contribution is 0.154. The van der Waals surface area contributed by atoms with Gasteiger partial charge in [0.05, 0.1) is 0 Å². The average Bonchev–Trinajstić information content (AvgIpc) is 3.57. The first-order valence-corrected chi connectivity index (χ1v) is 16.3. The van der Waals surface area contributed by atoms with Gasteiger partial charge in [-0.25, -0.2) is 0 Å². The Kier molecular flexibility index (Phi) is 7.58. The lowest BCUT2D eigenvalue weighted by Crippen LogP contribution is -2.47. The quantitative estimate of drug-likeness (QED) is 0.334. The van der Waals surface area contributed by atoms with Gasteiger partial charge >= 0.3 is 0 Å². The smallest absolute Gasteiger partial charge is 0.0270 e. The highest BCUT2D eigenvalue weighted by Crippen LogP contribution is 2.65. The Morgan fingerprint density at radius 1 is 0.700 bits per heavy atom. The van der Waals surface area contributed by atoms with Crippen molar-refractivity contribution in [1.82, 2.24) is 0 Å². The van der Waals surface area contributed by atoms with E-state index in [4.69, 9.17) is 0 Å². The Balaban J connectivity index is 1.63. The van der Waals surface area contributed by atoms with Gasteiger partial charge in [-0.15, -0.1) is 0 Å². The topological polar surface area (TPSA) is 0 Å². The molecule has 0 N–H and O–H groups in total. The van der Waals surface area contributed by atoms with E-state index in [1.165, 1.54) is 43.3 Å². The summed E-state index contributed by atoms with van der Waals surface area (Å²) in [5.74, 6) is 4.23. The molecule has 0 heteroatoms. The first-order chi connectivity index (χ1) is 19.4. The van der Waals surface area contributed by atoms with E-state index >= 15 is 0 Å². The van der Waals surface area contributed by atoms with Gasteiger partial charge in [-0.3, -0.25) is 0 Å². The van der Waals surface area contributed by atoms with Crippen molar-refractivity contribution >= 4 is 0 Å². The number of benzene rings is 2. The molecule has 2 saturated carbocycles. The van der Waals surface area contributed by atoms with Crippen LogP contribution in [-0.2, 0) is 5.41 Å². The zero-order valence-corrected chi connectivity index (χ0v) is 25.5. The molecular weight excluding hydrogens is 480 g/mol. The molecule has 2 aromatic carbocycles. The van der Waals surface area contributed by atoms with E-state index in [0.29, 0.717) is 35.5 Å². The first-order valence-electron chi connectivity index (χ1n) is 16.3. The van der Waals surface area contributed by atoms with Gasteiger partial charge in [0.1, 0.15) is 0 Å². The zero-order valence-electron chi connectivity index (χ0n) is 25.5. The molecule has 6 rings (SSSR count). The van der Waals surface area contributed by atoms with Crippen LogP contribution in [0.1, 0.15) is 84.3 Å². The third-order valence-corrected chi connectivity index (χ3v) is 11.2. The zero-order chi connectivity index (χ0) is 27.9. The fourth-order valence-corrected chi connectivity index (χ4v) is 9.43. The molecular formula is C40H50. The summed E-state index contributed by atoms with van der Waals surface area (Å²) in [7, 11) is 0. The maximum absolute atomic E-state index is 2.75. The van der Waals surface area contributed by atoms with E-state index in [1.807, 2.05) is 0 Å². The van der Waals surface area contributed by atoms with Crippen LogP contribution < -0.4 is 0 Å². The number of hydrogen-bond donors (Lipinski definition) is 0. The van der Waals surface area contributed by atoms with Crippen molar-refractivity contribution < 1.29 is 0 Å². The molecule has 0 heterocycles. The molecule has 0 bridgehead atoms. The Labute approximate surface area is 244 Å². The second kappa shape index (κ2) is 11.0. The summed E-state index contributed by atoms with van der Waals surface area (Å²) in [5.41, 5.74) is 6.29. The highest BCUT2D eigenvalue weighted by atomic mass is 14.6. The Bertz CT molecular complexity index is 1240. The largest absolute Gasteiger partial charge is 0.0799 e. The number of allylic oxidation sites excluding steroid dienone is 8. The van der Waals surface area contributed by atoms with Gasteiger partial charge in [-0.1, -0.05) is 157 Å². The number of fused-ring (bicyclic) bond motifs is 3. The molecule has 40 heavy (non-hydrogen) atoms. The summed E-state index contributed by atoms with van der Waals surface area (Å²) in [4.78, 5) is 0. The highest BCUT2D eigenvalue weighted by molar-refractivity contribution is 5.47. The molecule has 0 radical (unpaired) electrons. The fourth-order valence-electron chi connectivity index (χ4n) is 9.43. The van der Waals surface area contributed by atoms with E-state index in [9.17, 15) is 0 Å². The van der Waals surface area contributed by atoms with Crippen LogP contribution in [0.4, 0.5) is 0 Å². The molecule has 4 aliphatic carbocycles. The van der Waals surface area contributed by atoms with E-state index in [-0.39, 0.29) is 10.8 Å². The molecule has 0 saturated heterocycles. The third kappa shape index (κ3) is 4.60. The molecule has 7 atom stereocenters. The Morgan fingerprint density at radius 2 is 1.30 bits per heavy atom. The lowest BCUT2D eigenvalue weighted by atomic mass is 9.53. The van der Waals surface area contributed by atoms with Crippen LogP contribution in [0.15, 0.2) is 108 Å². The standard InChI is InChI=1S/C40H50/c1-6-14-29-19-21-33(25-29)40(30-15-10-8-11-16-30,31-17-12-9-13-18-31)38-36-26-28(7-2)20-23-34(36)35-24-22-32(27-37(35)38)39(3,4)5/h8-13,15-18,20,22-24,26-27,29,33-38H,6-7,14,19,21,25H2,1-5H3. The summed E-state index contributed by atoms with van der Waals surface area (Å²) in [6.07, 6.45) is 23.5. The van der Waals surface area contributed by atoms with Crippen molar-refractivity contribution in [2.75, 3.05) is 0 Å². The maximum Gasteiger partial charge on any atom is 0.0270 e. The van der Waals surface area contributed by atoms with Gasteiger partial charge in [0.25, 0.3) is 0 Å². The Morgan fingerprint density at radius 3 is 1.88 bits per heavy atom. The molecule has 4 aliphatic rings. The molecule has 0 aliphatic heterocycles. The predicted octanol–water partition coefficient (Wildman–Crippen LogP) is 10.7. The predicted molar refractivity (Wildman–Crippen MR) is 171 cm³/mol. The van der Waals surface area contributed by atoms with Crippen molar-refractivity contribution in [1.29, 1.82) is 0 Å². The van der Waals surface area contributed by atoms with Crippen molar-refractivity contribution in [3.8, 4) is 0 Å². The van der Waals surface area contributed by atoms with Crippen molar-refractivity contribution in [2.24, 2.45) is 46.8 Å². The van der Waals surface area contributed by atoms with Gasteiger partial charge in [-0.05, 0) is 82.8 Å². The first kappa shape index (κ1) is 27.6. The van der Waals surface area contributed by atoms with Crippen LogP contribution in [0.25, 0.3) is 0 Å². The summed E-state index contributed by atoms with van der Waals surface area (Å²) in [6, 6.07) is 23.6.